The first kappa shape index (κ1) is 27.2. The van der Waals surface area contributed by atoms with E-state index in [9.17, 15) is 18.0 Å². The Bertz CT molecular complexity index is 1270. The minimum Gasteiger partial charge on any atom is -0.444 e. The van der Waals surface area contributed by atoms with Gasteiger partial charge in [-0.1, -0.05) is 71.9 Å². The number of carbonyl (C=O) groups excluding carboxylic acids is 2. The first-order chi connectivity index (χ1) is 17.4. The van der Waals surface area contributed by atoms with E-state index in [1.807, 2.05) is 66.4 Å². The van der Waals surface area contributed by atoms with Gasteiger partial charge < -0.3 is 15.0 Å². The lowest BCUT2D eigenvalue weighted by Crippen LogP contribution is -2.45. The van der Waals surface area contributed by atoms with Crippen LogP contribution in [0, 0.1) is 6.92 Å². The summed E-state index contributed by atoms with van der Waals surface area (Å²) in [5, 5.41) is 2.99. The highest BCUT2D eigenvalue weighted by Crippen LogP contribution is 2.39. The number of ether oxygens (including phenoxy) is 1. The number of aryl methyl sites for hydroxylation is 1. The highest BCUT2D eigenvalue weighted by Gasteiger charge is 2.48. The van der Waals surface area contributed by atoms with E-state index in [1.54, 1.807) is 20.8 Å². The molecule has 2 fully saturated rings. The molecule has 2 aliphatic heterocycles. The second-order valence-electron chi connectivity index (χ2n) is 10.5. The maximum atomic E-state index is 13.5. The van der Waals surface area contributed by atoms with Crippen LogP contribution in [0.1, 0.15) is 37.5 Å². The van der Waals surface area contributed by atoms with Gasteiger partial charge in [0, 0.05) is 18.2 Å². The predicted molar refractivity (Wildman–Crippen MR) is 146 cm³/mol. The molecule has 2 aromatic rings. The molecule has 2 aliphatic rings. The quantitative estimate of drug-likeness (QED) is 0.592. The average Bonchev–Trinajstić information content (AvgIpc) is 3.25. The van der Waals surface area contributed by atoms with Crippen LogP contribution in [0.3, 0.4) is 0 Å². The van der Waals surface area contributed by atoms with Gasteiger partial charge in [-0.05, 0) is 38.8 Å². The van der Waals surface area contributed by atoms with E-state index in [4.69, 9.17) is 4.74 Å². The van der Waals surface area contributed by atoms with Gasteiger partial charge in [-0.25, -0.2) is 13.2 Å². The SMILES string of the molecule is Cc1ccc(CN2C(=NC(=O)[C@H](Cc3ccccc3)NC(=O)OC(C)(C)C)S[C@@H]3CS(=O)(=O)C[C@@H]32)cc1. The summed E-state index contributed by atoms with van der Waals surface area (Å²) in [7, 11) is -3.16. The molecule has 10 heteroatoms. The van der Waals surface area contributed by atoms with E-state index in [2.05, 4.69) is 10.3 Å². The average molecular weight is 544 g/mol. The molecule has 3 atom stereocenters. The number of rotatable bonds is 6. The summed E-state index contributed by atoms with van der Waals surface area (Å²) in [6.07, 6.45) is -0.444. The van der Waals surface area contributed by atoms with Crippen molar-refractivity contribution in [1.82, 2.24) is 10.2 Å². The van der Waals surface area contributed by atoms with Crippen LogP contribution >= 0.6 is 11.8 Å². The number of nitrogens with one attached hydrogen (secondary N) is 1. The Hall–Kier alpha value is -2.85. The zero-order chi connectivity index (χ0) is 26.8. The molecule has 8 nitrogen and oxygen atoms in total. The Morgan fingerprint density at radius 2 is 1.76 bits per heavy atom. The Labute approximate surface area is 222 Å². The number of hydrogen-bond acceptors (Lipinski definition) is 6. The minimum atomic E-state index is -3.16. The van der Waals surface area contributed by atoms with Gasteiger partial charge >= 0.3 is 6.09 Å². The lowest BCUT2D eigenvalue weighted by atomic mass is 10.1. The lowest BCUT2D eigenvalue weighted by Gasteiger charge is -2.25. The number of carbonyl (C=O) groups is 2. The first-order valence-electron chi connectivity index (χ1n) is 12.2. The third-order valence-corrected chi connectivity index (χ3v) is 9.37. The van der Waals surface area contributed by atoms with Crippen LogP contribution in [0.15, 0.2) is 59.6 Å². The van der Waals surface area contributed by atoms with Gasteiger partial charge in [-0.3, -0.25) is 4.79 Å². The normalized spacial score (nSPS) is 22.5. The number of amidine groups is 1. The molecule has 37 heavy (non-hydrogen) atoms. The second-order valence-corrected chi connectivity index (χ2v) is 13.9. The van der Waals surface area contributed by atoms with Gasteiger partial charge in [0.25, 0.3) is 5.91 Å². The standard InChI is InChI=1S/C27H33N3O5S2/c1-18-10-12-20(13-11-18)15-30-22-16-37(33,34)17-23(22)36-25(30)29-24(31)21(14-19-8-6-5-7-9-19)28-26(32)35-27(2,3)4/h5-13,21-23H,14-17H2,1-4H3,(H,28,32)/t21-,22-,23+/m0/s1. The predicted octanol–water partition coefficient (Wildman–Crippen LogP) is 3.73. The molecule has 0 aromatic heterocycles. The summed E-state index contributed by atoms with van der Waals surface area (Å²) in [6.45, 7) is 7.72. The number of nitrogens with zero attached hydrogens (tertiary/aromatic N) is 2. The minimum absolute atomic E-state index is 0.0351. The fourth-order valence-corrected chi connectivity index (χ4v) is 8.34. The van der Waals surface area contributed by atoms with Crippen molar-refractivity contribution in [3.8, 4) is 0 Å². The molecule has 2 saturated heterocycles. The van der Waals surface area contributed by atoms with Crippen LogP contribution in [0.25, 0.3) is 0 Å². The second kappa shape index (κ2) is 10.9. The van der Waals surface area contributed by atoms with Crippen LogP contribution in [0.5, 0.6) is 0 Å². The van der Waals surface area contributed by atoms with E-state index < -0.39 is 33.5 Å². The number of thioether (sulfide) groups is 1. The van der Waals surface area contributed by atoms with E-state index in [1.165, 1.54) is 11.8 Å². The zero-order valence-electron chi connectivity index (χ0n) is 21.5. The molecule has 0 saturated carbocycles. The molecular formula is C27H33N3O5S2. The van der Waals surface area contributed by atoms with Gasteiger partial charge in [0.1, 0.15) is 11.6 Å². The van der Waals surface area contributed by atoms with Crippen molar-refractivity contribution in [3.05, 3.63) is 71.3 Å². The van der Waals surface area contributed by atoms with Gasteiger partial charge in [-0.15, -0.1) is 0 Å². The van der Waals surface area contributed by atoms with Gasteiger partial charge in [-0.2, -0.15) is 4.99 Å². The Morgan fingerprint density at radius 3 is 2.41 bits per heavy atom. The number of amides is 2. The third-order valence-electron chi connectivity index (χ3n) is 6.13. The summed E-state index contributed by atoms with van der Waals surface area (Å²) in [6, 6.07) is 16.2. The maximum Gasteiger partial charge on any atom is 0.408 e. The van der Waals surface area contributed by atoms with Crippen LogP contribution < -0.4 is 5.32 Å². The van der Waals surface area contributed by atoms with Crippen molar-refractivity contribution in [2.24, 2.45) is 4.99 Å². The molecular weight excluding hydrogens is 510 g/mol. The van der Waals surface area contributed by atoms with Gasteiger partial charge in [0.05, 0.1) is 17.5 Å². The molecule has 0 radical (unpaired) electrons. The van der Waals surface area contributed by atoms with Crippen LogP contribution in [0.2, 0.25) is 0 Å². The Kier molecular flexibility index (Phi) is 7.99. The summed E-state index contributed by atoms with van der Waals surface area (Å²) >= 11 is 1.33. The van der Waals surface area contributed by atoms with Crippen molar-refractivity contribution in [2.75, 3.05) is 11.5 Å². The summed E-state index contributed by atoms with van der Waals surface area (Å²) in [5.74, 6) is -0.411. The molecule has 0 aliphatic carbocycles. The molecule has 1 N–H and O–H groups in total. The lowest BCUT2D eigenvalue weighted by molar-refractivity contribution is -0.119. The fourth-order valence-electron chi connectivity index (χ4n) is 4.38. The molecule has 2 aromatic carbocycles. The summed E-state index contributed by atoms with van der Waals surface area (Å²) in [5.41, 5.74) is 2.28. The van der Waals surface area contributed by atoms with E-state index in [-0.39, 0.29) is 29.2 Å². The van der Waals surface area contributed by atoms with E-state index in [0.717, 1.165) is 16.7 Å². The summed E-state index contributed by atoms with van der Waals surface area (Å²) < 4.78 is 30.1. The summed E-state index contributed by atoms with van der Waals surface area (Å²) in [4.78, 5) is 32.4. The third kappa shape index (κ3) is 7.35. The molecule has 0 unspecified atom stereocenters. The van der Waals surface area contributed by atoms with Crippen molar-refractivity contribution in [2.45, 2.75) is 63.6 Å². The molecule has 0 bridgehead atoms. The number of alkyl carbamates (subject to hydrolysis) is 1. The van der Waals surface area contributed by atoms with Crippen LogP contribution in [0.4, 0.5) is 4.79 Å². The fraction of sp³-hybridized carbons (Fsp3) is 0.444. The van der Waals surface area contributed by atoms with E-state index in [0.29, 0.717) is 11.7 Å². The van der Waals surface area contributed by atoms with Crippen molar-refractivity contribution in [1.29, 1.82) is 0 Å². The highest BCUT2D eigenvalue weighted by atomic mass is 32.2. The molecule has 0 spiro atoms. The van der Waals surface area contributed by atoms with Crippen molar-refractivity contribution < 1.29 is 22.7 Å². The van der Waals surface area contributed by atoms with Crippen LogP contribution in [-0.4, -0.2) is 64.9 Å². The molecule has 198 valence electrons. The topological polar surface area (TPSA) is 105 Å². The van der Waals surface area contributed by atoms with E-state index >= 15 is 0 Å². The van der Waals surface area contributed by atoms with Gasteiger partial charge in [0.15, 0.2) is 15.0 Å². The number of fused-ring (bicyclic) bond motifs is 1. The molecule has 4 rings (SSSR count). The number of hydrogen-bond donors (Lipinski definition) is 1. The largest absolute Gasteiger partial charge is 0.444 e. The van der Waals surface area contributed by atoms with Crippen molar-refractivity contribution >= 4 is 38.8 Å². The number of benzene rings is 2. The highest BCUT2D eigenvalue weighted by molar-refractivity contribution is 8.15. The zero-order valence-corrected chi connectivity index (χ0v) is 23.1. The Balaban J connectivity index is 1.60. The van der Waals surface area contributed by atoms with Crippen LogP contribution in [-0.2, 0) is 32.3 Å². The van der Waals surface area contributed by atoms with Gasteiger partial charge in [0.2, 0.25) is 0 Å². The number of aliphatic imine (C=N–C) groups is 1. The first-order valence-corrected chi connectivity index (χ1v) is 14.9. The molecule has 2 heterocycles. The maximum absolute atomic E-state index is 13.5. The monoisotopic (exact) mass is 543 g/mol. The smallest absolute Gasteiger partial charge is 0.408 e. The van der Waals surface area contributed by atoms with Crippen molar-refractivity contribution in [3.63, 3.8) is 0 Å². The molecule has 2 amide bonds. The number of sulfone groups is 1. The Morgan fingerprint density at radius 1 is 1.08 bits per heavy atom.